The molecule has 7 heteroatoms. The minimum absolute atomic E-state index is 0.00871. The minimum atomic E-state index is -1.19. The largest absolute Gasteiger partial charge is 0.478 e. The average Bonchev–Trinajstić information content (AvgIpc) is 3.13. The van der Waals surface area contributed by atoms with Gasteiger partial charge in [0.2, 0.25) is 11.8 Å². The lowest BCUT2D eigenvalue weighted by Gasteiger charge is -2.27. The fourth-order valence-corrected chi connectivity index (χ4v) is 4.07. The van der Waals surface area contributed by atoms with Gasteiger partial charge in [-0.05, 0) is 25.1 Å². The molecule has 0 saturated carbocycles. The Bertz CT molecular complexity index is 817. The molecule has 2 saturated heterocycles. The van der Waals surface area contributed by atoms with Crippen molar-refractivity contribution in [1.82, 2.24) is 0 Å². The van der Waals surface area contributed by atoms with Gasteiger partial charge in [-0.25, -0.2) is 9.69 Å². The van der Waals surface area contributed by atoms with Gasteiger partial charge in [0.15, 0.2) is 0 Å². The molecule has 2 bridgehead atoms. The van der Waals surface area contributed by atoms with E-state index in [2.05, 4.69) is 0 Å². The molecular weight excluding hydrogens is 314 g/mol. The highest BCUT2D eigenvalue weighted by Gasteiger charge is 2.72. The first-order chi connectivity index (χ1) is 11.3. The molecule has 3 heterocycles. The Labute approximate surface area is 137 Å². The molecular formula is C17H15NO6. The summed E-state index contributed by atoms with van der Waals surface area (Å²) in [5, 5.41) is 18.9. The molecule has 2 N–H and O–H groups in total. The number of anilines is 1. The Morgan fingerprint density at radius 2 is 1.96 bits per heavy atom. The maximum absolute atomic E-state index is 12.9. The molecule has 0 aromatic heterocycles. The van der Waals surface area contributed by atoms with Crippen LogP contribution in [0.3, 0.4) is 0 Å². The number of aliphatic hydroxyl groups excluding tert-OH is 1. The van der Waals surface area contributed by atoms with Crippen LogP contribution in [0.15, 0.2) is 36.4 Å². The van der Waals surface area contributed by atoms with Gasteiger partial charge < -0.3 is 14.9 Å². The highest BCUT2D eigenvalue weighted by molar-refractivity contribution is 6.23. The van der Waals surface area contributed by atoms with Gasteiger partial charge in [0.05, 0.1) is 35.3 Å². The minimum Gasteiger partial charge on any atom is -0.478 e. The molecule has 24 heavy (non-hydrogen) atoms. The molecule has 0 radical (unpaired) electrons. The number of aromatic carboxylic acids is 1. The predicted octanol–water partition coefficient (Wildman–Crippen LogP) is 0.580. The van der Waals surface area contributed by atoms with Crippen LogP contribution in [-0.2, 0) is 14.3 Å². The van der Waals surface area contributed by atoms with Crippen molar-refractivity contribution in [3.8, 4) is 0 Å². The van der Waals surface area contributed by atoms with Crippen LogP contribution >= 0.6 is 0 Å². The van der Waals surface area contributed by atoms with Crippen molar-refractivity contribution in [3.05, 3.63) is 42.0 Å². The number of imide groups is 1. The monoisotopic (exact) mass is 329 g/mol. The zero-order valence-corrected chi connectivity index (χ0v) is 12.8. The molecule has 2 fully saturated rings. The van der Waals surface area contributed by atoms with Crippen LogP contribution in [-0.4, -0.2) is 45.8 Å². The fraction of sp³-hybridized carbons (Fsp3) is 0.353. The summed E-state index contributed by atoms with van der Waals surface area (Å²) in [6.07, 6.45) is 3.36. The lowest BCUT2D eigenvalue weighted by atomic mass is 9.73. The van der Waals surface area contributed by atoms with Crippen molar-refractivity contribution in [2.24, 2.45) is 11.8 Å². The number of carboxylic acid groups (broad SMARTS) is 1. The summed E-state index contributed by atoms with van der Waals surface area (Å²) < 4.78 is 5.83. The molecule has 7 nitrogen and oxygen atoms in total. The third-order valence-electron chi connectivity index (χ3n) is 5.15. The van der Waals surface area contributed by atoms with E-state index in [0.717, 1.165) is 4.90 Å². The van der Waals surface area contributed by atoms with Crippen LogP contribution in [0.5, 0.6) is 0 Å². The van der Waals surface area contributed by atoms with E-state index in [1.54, 1.807) is 19.1 Å². The van der Waals surface area contributed by atoms with Gasteiger partial charge in [0.25, 0.3) is 0 Å². The van der Waals surface area contributed by atoms with Gasteiger partial charge in [-0.1, -0.05) is 18.2 Å². The van der Waals surface area contributed by atoms with Crippen molar-refractivity contribution in [2.45, 2.75) is 18.1 Å². The highest BCUT2D eigenvalue weighted by atomic mass is 16.5. The SMILES string of the molecule is C[C@@]12C=C[C@@](CO)(O1)[C@H]1C(=O)N(c3cccc(C(=O)O)c3)C(=O)[C@@H]12. The summed E-state index contributed by atoms with van der Waals surface area (Å²) in [5.74, 6) is -3.58. The zero-order valence-electron chi connectivity index (χ0n) is 12.8. The van der Waals surface area contributed by atoms with Gasteiger partial charge >= 0.3 is 5.97 Å². The van der Waals surface area contributed by atoms with E-state index in [1.165, 1.54) is 24.3 Å². The second-order valence-corrected chi connectivity index (χ2v) is 6.56. The Kier molecular flexibility index (Phi) is 2.83. The van der Waals surface area contributed by atoms with Gasteiger partial charge in [-0.3, -0.25) is 9.59 Å². The molecule has 1 aromatic carbocycles. The van der Waals surface area contributed by atoms with E-state index >= 15 is 0 Å². The quantitative estimate of drug-likeness (QED) is 0.621. The Morgan fingerprint density at radius 1 is 1.25 bits per heavy atom. The van der Waals surface area contributed by atoms with Crippen molar-refractivity contribution in [2.75, 3.05) is 11.5 Å². The normalized spacial score (nSPS) is 36.5. The Morgan fingerprint density at radius 3 is 2.62 bits per heavy atom. The summed E-state index contributed by atoms with van der Waals surface area (Å²) in [6.45, 7) is 1.32. The first-order valence-electron chi connectivity index (χ1n) is 7.55. The van der Waals surface area contributed by atoms with E-state index in [1.807, 2.05) is 0 Å². The van der Waals surface area contributed by atoms with Crippen molar-refractivity contribution in [1.29, 1.82) is 0 Å². The predicted molar refractivity (Wildman–Crippen MR) is 81.3 cm³/mol. The van der Waals surface area contributed by atoms with Gasteiger partial charge in [-0.15, -0.1) is 0 Å². The topological polar surface area (TPSA) is 104 Å². The number of carbonyl (C=O) groups is 3. The summed E-state index contributed by atoms with van der Waals surface area (Å²) in [7, 11) is 0. The third kappa shape index (κ3) is 1.65. The van der Waals surface area contributed by atoms with Gasteiger partial charge in [0, 0.05) is 0 Å². The molecule has 2 amide bonds. The summed E-state index contributed by atoms with van der Waals surface area (Å²) in [5.41, 5.74) is -1.93. The van der Waals surface area contributed by atoms with Crippen molar-refractivity contribution >= 4 is 23.5 Å². The molecule has 3 aliphatic heterocycles. The second-order valence-electron chi connectivity index (χ2n) is 6.56. The van der Waals surface area contributed by atoms with E-state index in [9.17, 15) is 19.5 Å². The molecule has 4 rings (SSSR count). The molecule has 4 atom stereocenters. The lowest BCUT2D eigenvalue weighted by molar-refractivity contribution is -0.131. The Balaban J connectivity index is 1.80. The highest BCUT2D eigenvalue weighted by Crippen LogP contribution is 2.57. The Hall–Kier alpha value is -2.51. The standard InChI is InChI=1S/C17H15NO6/c1-16-5-6-17(8-19,24-16)12-11(16)13(20)18(14(12)21)10-4-2-3-9(7-10)15(22)23/h2-7,11-12,19H,8H2,1H3,(H,22,23)/t11-,12-,16+,17+/m1/s1. The van der Waals surface area contributed by atoms with Gasteiger partial charge in [0.1, 0.15) is 5.60 Å². The van der Waals surface area contributed by atoms with Crippen LogP contribution in [0.25, 0.3) is 0 Å². The molecule has 124 valence electrons. The summed E-state index contributed by atoms with van der Waals surface area (Å²) >= 11 is 0. The van der Waals surface area contributed by atoms with Crippen LogP contribution < -0.4 is 4.90 Å². The smallest absolute Gasteiger partial charge is 0.335 e. The van der Waals surface area contributed by atoms with E-state index in [0.29, 0.717) is 0 Å². The number of nitrogens with zero attached hydrogens (tertiary/aromatic N) is 1. The van der Waals surface area contributed by atoms with Crippen LogP contribution in [0.2, 0.25) is 0 Å². The number of carbonyl (C=O) groups excluding carboxylic acids is 2. The van der Waals surface area contributed by atoms with Crippen LogP contribution in [0.4, 0.5) is 5.69 Å². The number of fused-ring (bicyclic) bond motifs is 5. The molecule has 0 spiro atoms. The van der Waals surface area contributed by atoms with E-state index < -0.39 is 47.4 Å². The lowest BCUT2D eigenvalue weighted by Crippen LogP contribution is -2.43. The number of ether oxygens (including phenoxy) is 1. The zero-order chi connectivity index (χ0) is 17.3. The molecule has 0 unspecified atom stereocenters. The summed E-state index contributed by atoms with van der Waals surface area (Å²) in [6, 6.07) is 5.69. The van der Waals surface area contributed by atoms with Crippen LogP contribution in [0.1, 0.15) is 17.3 Å². The molecule has 3 aliphatic rings. The first-order valence-corrected chi connectivity index (χ1v) is 7.55. The fourth-order valence-electron chi connectivity index (χ4n) is 4.07. The second kappa shape index (κ2) is 4.52. The summed E-state index contributed by atoms with van der Waals surface area (Å²) in [4.78, 5) is 38.0. The van der Waals surface area contributed by atoms with Crippen LogP contribution in [0, 0.1) is 11.8 Å². The van der Waals surface area contributed by atoms with E-state index in [-0.39, 0.29) is 11.3 Å². The number of carboxylic acids is 1. The van der Waals surface area contributed by atoms with Gasteiger partial charge in [-0.2, -0.15) is 0 Å². The maximum Gasteiger partial charge on any atom is 0.335 e. The number of hydrogen-bond acceptors (Lipinski definition) is 5. The maximum atomic E-state index is 12.9. The number of amides is 2. The van der Waals surface area contributed by atoms with Crippen molar-refractivity contribution < 1.29 is 29.3 Å². The number of benzene rings is 1. The number of rotatable bonds is 3. The third-order valence-corrected chi connectivity index (χ3v) is 5.15. The first kappa shape index (κ1) is 15.0. The van der Waals surface area contributed by atoms with Crippen molar-refractivity contribution in [3.63, 3.8) is 0 Å². The number of aliphatic hydroxyl groups is 1. The average molecular weight is 329 g/mol. The van der Waals surface area contributed by atoms with E-state index in [4.69, 9.17) is 9.84 Å². The molecule has 1 aromatic rings. The molecule has 0 aliphatic carbocycles. The number of hydrogen-bond donors (Lipinski definition) is 2.